The van der Waals surface area contributed by atoms with Crippen molar-refractivity contribution in [2.45, 2.75) is 77.4 Å². The van der Waals surface area contributed by atoms with E-state index >= 15 is 0 Å². The van der Waals surface area contributed by atoms with Crippen LogP contribution in [-0.4, -0.2) is 15.3 Å². The van der Waals surface area contributed by atoms with Gasteiger partial charge in [-0.05, 0) is 33.6 Å². The van der Waals surface area contributed by atoms with Crippen LogP contribution in [0.5, 0.6) is 0 Å². The topological polar surface area (TPSA) is 29.9 Å². The number of nitrogens with one attached hydrogen (secondary N) is 1. The molecule has 1 aliphatic rings. The first-order valence-corrected chi connectivity index (χ1v) is 7.48. The lowest BCUT2D eigenvalue weighted by Crippen LogP contribution is -2.35. The molecule has 2 rings (SSSR count). The molecular weight excluding hydrogens is 260 g/mol. The van der Waals surface area contributed by atoms with Crippen LogP contribution in [0.2, 0.25) is 0 Å². The fourth-order valence-corrected chi connectivity index (χ4v) is 2.76. The standard InChI is InChI=1S/C15H25F2N3/c1-15(2,3)18-9-11-10-19-20(13(11)14(16)17)12-7-5-4-6-8-12/h10,12,14,18H,4-9H2,1-3H3. The van der Waals surface area contributed by atoms with Crippen LogP contribution in [0.15, 0.2) is 6.20 Å². The molecular formula is C15H25F2N3. The summed E-state index contributed by atoms with van der Waals surface area (Å²) in [4.78, 5) is 0. The van der Waals surface area contributed by atoms with E-state index in [1.807, 2.05) is 20.8 Å². The van der Waals surface area contributed by atoms with Gasteiger partial charge in [0.1, 0.15) is 5.69 Å². The first kappa shape index (κ1) is 15.4. The van der Waals surface area contributed by atoms with E-state index in [1.54, 1.807) is 10.9 Å². The average Bonchev–Trinajstić information content (AvgIpc) is 2.80. The number of rotatable bonds is 4. The minimum absolute atomic E-state index is 0.0909. The predicted octanol–water partition coefficient (Wildman–Crippen LogP) is 4.21. The van der Waals surface area contributed by atoms with Gasteiger partial charge >= 0.3 is 0 Å². The van der Waals surface area contributed by atoms with Crippen LogP contribution < -0.4 is 5.32 Å². The zero-order valence-electron chi connectivity index (χ0n) is 12.6. The number of alkyl halides is 2. The van der Waals surface area contributed by atoms with E-state index in [4.69, 9.17) is 0 Å². The third kappa shape index (κ3) is 3.78. The second-order valence-electron chi connectivity index (χ2n) is 6.70. The number of nitrogens with zero attached hydrogens (tertiary/aromatic N) is 2. The van der Waals surface area contributed by atoms with Crippen molar-refractivity contribution in [1.29, 1.82) is 0 Å². The van der Waals surface area contributed by atoms with Crippen molar-refractivity contribution in [3.05, 3.63) is 17.5 Å². The Labute approximate surface area is 119 Å². The molecule has 1 aromatic rings. The van der Waals surface area contributed by atoms with E-state index in [1.165, 1.54) is 6.42 Å². The van der Waals surface area contributed by atoms with Gasteiger partial charge in [0.05, 0.1) is 12.2 Å². The molecule has 114 valence electrons. The van der Waals surface area contributed by atoms with Gasteiger partial charge in [-0.25, -0.2) is 8.78 Å². The number of hydrogen-bond acceptors (Lipinski definition) is 2. The highest BCUT2D eigenvalue weighted by molar-refractivity contribution is 5.20. The Bertz CT molecular complexity index is 429. The Morgan fingerprint density at radius 3 is 2.50 bits per heavy atom. The second-order valence-corrected chi connectivity index (χ2v) is 6.70. The minimum Gasteiger partial charge on any atom is -0.308 e. The molecule has 0 radical (unpaired) electrons. The maximum absolute atomic E-state index is 13.4. The third-order valence-corrected chi connectivity index (χ3v) is 3.85. The summed E-state index contributed by atoms with van der Waals surface area (Å²) in [6, 6.07) is 0.149. The SMILES string of the molecule is CC(C)(C)NCc1cnn(C2CCCCC2)c1C(F)F. The molecule has 0 unspecified atom stereocenters. The first-order chi connectivity index (χ1) is 9.38. The van der Waals surface area contributed by atoms with Crippen molar-refractivity contribution in [1.82, 2.24) is 15.1 Å². The van der Waals surface area contributed by atoms with Gasteiger partial charge in [0.25, 0.3) is 6.43 Å². The van der Waals surface area contributed by atoms with Gasteiger partial charge < -0.3 is 5.32 Å². The van der Waals surface area contributed by atoms with Crippen LogP contribution in [0.4, 0.5) is 8.78 Å². The number of halogens is 2. The zero-order chi connectivity index (χ0) is 14.8. The quantitative estimate of drug-likeness (QED) is 0.898. The molecule has 0 amide bonds. The van der Waals surface area contributed by atoms with E-state index in [0.29, 0.717) is 12.1 Å². The third-order valence-electron chi connectivity index (χ3n) is 3.85. The van der Waals surface area contributed by atoms with Crippen LogP contribution in [-0.2, 0) is 6.54 Å². The average molecular weight is 285 g/mol. The molecule has 0 aliphatic heterocycles. The smallest absolute Gasteiger partial charge is 0.280 e. The lowest BCUT2D eigenvalue weighted by molar-refractivity contribution is 0.131. The Morgan fingerprint density at radius 2 is 1.95 bits per heavy atom. The highest BCUT2D eigenvalue weighted by Gasteiger charge is 2.26. The number of hydrogen-bond donors (Lipinski definition) is 1. The Hall–Kier alpha value is -0.970. The number of aromatic nitrogens is 2. The molecule has 1 heterocycles. The van der Waals surface area contributed by atoms with Gasteiger partial charge in [-0.15, -0.1) is 0 Å². The van der Waals surface area contributed by atoms with Crippen LogP contribution in [0.25, 0.3) is 0 Å². The first-order valence-electron chi connectivity index (χ1n) is 7.48. The molecule has 1 fully saturated rings. The van der Waals surface area contributed by atoms with Crippen molar-refractivity contribution >= 4 is 0 Å². The molecule has 1 saturated carbocycles. The van der Waals surface area contributed by atoms with Gasteiger partial charge in [-0.3, -0.25) is 4.68 Å². The molecule has 1 aromatic heterocycles. The largest absolute Gasteiger partial charge is 0.308 e. The molecule has 1 N–H and O–H groups in total. The maximum atomic E-state index is 13.4. The van der Waals surface area contributed by atoms with Gasteiger partial charge in [-0.1, -0.05) is 19.3 Å². The van der Waals surface area contributed by atoms with Gasteiger partial charge in [-0.2, -0.15) is 5.10 Å². The zero-order valence-corrected chi connectivity index (χ0v) is 12.6. The molecule has 0 aromatic carbocycles. The molecule has 0 spiro atoms. The summed E-state index contributed by atoms with van der Waals surface area (Å²) >= 11 is 0. The second kappa shape index (κ2) is 6.20. The predicted molar refractivity (Wildman–Crippen MR) is 75.9 cm³/mol. The molecule has 3 nitrogen and oxygen atoms in total. The van der Waals surface area contributed by atoms with Gasteiger partial charge in [0.2, 0.25) is 0 Å². The summed E-state index contributed by atoms with van der Waals surface area (Å²) in [7, 11) is 0. The highest BCUT2D eigenvalue weighted by atomic mass is 19.3. The molecule has 1 aliphatic carbocycles. The summed E-state index contributed by atoms with van der Waals surface area (Å²) in [5.74, 6) is 0. The van der Waals surface area contributed by atoms with Crippen molar-refractivity contribution in [3.63, 3.8) is 0 Å². The van der Waals surface area contributed by atoms with E-state index in [9.17, 15) is 8.78 Å². The molecule has 0 atom stereocenters. The fraction of sp³-hybridized carbons (Fsp3) is 0.800. The van der Waals surface area contributed by atoms with E-state index < -0.39 is 6.43 Å². The molecule has 0 bridgehead atoms. The Kier molecular flexibility index (Phi) is 4.78. The van der Waals surface area contributed by atoms with E-state index in [-0.39, 0.29) is 17.3 Å². The van der Waals surface area contributed by atoms with Crippen molar-refractivity contribution in [2.24, 2.45) is 0 Å². The monoisotopic (exact) mass is 285 g/mol. The van der Waals surface area contributed by atoms with Gasteiger partial charge in [0.15, 0.2) is 0 Å². The summed E-state index contributed by atoms with van der Waals surface area (Å²) in [5.41, 5.74) is 0.640. The van der Waals surface area contributed by atoms with Crippen molar-refractivity contribution in [3.8, 4) is 0 Å². The summed E-state index contributed by atoms with van der Waals surface area (Å²) < 4.78 is 28.4. The van der Waals surface area contributed by atoms with E-state index in [0.717, 1.165) is 25.7 Å². The summed E-state index contributed by atoms with van der Waals surface area (Å²) in [5, 5.41) is 7.52. The van der Waals surface area contributed by atoms with Gasteiger partial charge in [0, 0.05) is 17.6 Å². The molecule has 0 saturated heterocycles. The maximum Gasteiger partial charge on any atom is 0.280 e. The van der Waals surface area contributed by atoms with Crippen molar-refractivity contribution < 1.29 is 8.78 Å². The Balaban J connectivity index is 2.18. The lowest BCUT2D eigenvalue weighted by atomic mass is 9.95. The molecule has 20 heavy (non-hydrogen) atoms. The van der Waals surface area contributed by atoms with Crippen LogP contribution in [0.1, 0.15) is 76.6 Å². The fourth-order valence-electron chi connectivity index (χ4n) is 2.76. The van der Waals surface area contributed by atoms with E-state index in [2.05, 4.69) is 10.4 Å². The Morgan fingerprint density at radius 1 is 1.30 bits per heavy atom. The molecule has 5 heteroatoms. The van der Waals surface area contributed by atoms with Crippen LogP contribution in [0, 0.1) is 0 Å². The normalized spacial score (nSPS) is 17.9. The van der Waals surface area contributed by atoms with Crippen molar-refractivity contribution in [2.75, 3.05) is 0 Å². The minimum atomic E-state index is -2.46. The van der Waals surface area contributed by atoms with Crippen LogP contribution >= 0.6 is 0 Å². The summed E-state index contributed by atoms with van der Waals surface area (Å²) in [6.45, 7) is 6.53. The van der Waals surface area contributed by atoms with Crippen LogP contribution in [0.3, 0.4) is 0 Å². The lowest BCUT2D eigenvalue weighted by Gasteiger charge is -2.24. The summed E-state index contributed by atoms with van der Waals surface area (Å²) in [6.07, 6.45) is 4.51. The highest BCUT2D eigenvalue weighted by Crippen LogP contribution is 2.33.